The van der Waals surface area contributed by atoms with Crippen LogP contribution in [0, 0.1) is 0 Å². The average molecular weight is 355 g/mol. The lowest BCUT2D eigenvalue weighted by Gasteiger charge is -2.20. The SMILES string of the molecule is CN(CCc1ccccn1)C(=O)c1cccc(NC(=O)OC(C)(C)C)c1. The molecule has 138 valence electrons. The molecule has 0 aliphatic heterocycles. The molecule has 0 atom stereocenters. The van der Waals surface area contributed by atoms with Crippen LogP contribution in [0.1, 0.15) is 36.8 Å². The van der Waals surface area contributed by atoms with Gasteiger partial charge in [-0.1, -0.05) is 12.1 Å². The fourth-order valence-corrected chi connectivity index (χ4v) is 2.30. The minimum Gasteiger partial charge on any atom is -0.444 e. The molecule has 1 heterocycles. The number of anilines is 1. The van der Waals surface area contributed by atoms with Gasteiger partial charge >= 0.3 is 6.09 Å². The summed E-state index contributed by atoms with van der Waals surface area (Å²) in [5.41, 5.74) is 1.38. The Kier molecular flexibility index (Phi) is 6.33. The summed E-state index contributed by atoms with van der Waals surface area (Å²) >= 11 is 0. The molecule has 0 unspecified atom stereocenters. The van der Waals surface area contributed by atoms with Crippen LogP contribution in [-0.4, -0.2) is 41.1 Å². The van der Waals surface area contributed by atoms with E-state index in [1.165, 1.54) is 0 Å². The standard InChI is InChI=1S/C20H25N3O3/c1-20(2,3)26-19(25)22-17-10-7-8-15(14-17)18(24)23(4)13-11-16-9-5-6-12-21-16/h5-10,12,14H,11,13H2,1-4H3,(H,22,25). The van der Waals surface area contributed by atoms with E-state index in [4.69, 9.17) is 4.74 Å². The normalized spacial score (nSPS) is 10.9. The zero-order chi connectivity index (χ0) is 19.2. The number of benzene rings is 1. The van der Waals surface area contributed by atoms with E-state index in [1.807, 2.05) is 18.2 Å². The Bertz CT molecular complexity index is 754. The van der Waals surface area contributed by atoms with Crippen LogP contribution in [0.2, 0.25) is 0 Å². The van der Waals surface area contributed by atoms with E-state index in [0.717, 1.165) is 5.69 Å². The van der Waals surface area contributed by atoms with Crippen molar-refractivity contribution in [1.29, 1.82) is 0 Å². The Labute approximate surface area is 154 Å². The zero-order valence-electron chi connectivity index (χ0n) is 15.7. The van der Waals surface area contributed by atoms with Gasteiger partial charge in [-0.25, -0.2) is 4.79 Å². The van der Waals surface area contributed by atoms with Crippen molar-refractivity contribution in [1.82, 2.24) is 9.88 Å². The first-order chi connectivity index (χ1) is 12.2. The molecule has 0 aliphatic rings. The Morgan fingerprint density at radius 1 is 1.15 bits per heavy atom. The van der Waals surface area contributed by atoms with Crippen LogP contribution in [0.5, 0.6) is 0 Å². The molecule has 0 spiro atoms. The maximum Gasteiger partial charge on any atom is 0.412 e. The quantitative estimate of drug-likeness (QED) is 0.887. The van der Waals surface area contributed by atoms with Gasteiger partial charge < -0.3 is 9.64 Å². The number of carbonyl (C=O) groups excluding carboxylic acids is 2. The molecular weight excluding hydrogens is 330 g/mol. The van der Waals surface area contributed by atoms with Crippen molar-refractivity contribution >= 4 is 17.7 Å². The lowest BCUT2D eigenvalue weighted by molar-refractivity contribution is 0.0635. The first kappa shape index (κ1) is 19.4. The fraction of sp³-hybridized carbons (Fsp3) is 0.350. The summed E-state index contributed by atoms with van der Waals surface area (Å²) in [5, 5.41) is 2.65. The summed E-state index contributed by atoms with van der Waals surface area (Å²) in [4.78, 5) is 30.4. The highest BCUT2D eigenvalue weighted by molar-refractivity contribution is 5.96. The number of amides is 2. The van der Waals surface area contributed by atoms with E-state index >= 15 is 0 Å². The number of ether oxygens (including phenoxy) is 1. The molecule has 6 heteroatoms. The second-order valence-corrected chi connectivity index (χ2v) is 7.01. The molecule has 2 rings (SSSR count). The molecular formula is C20H25N3O3. The van der Waals surface area contributed by atoms with Crippen molar-refractivity contribution in [3.8, 4) is 0 Å². The maximum absolute atomic E-state index is 12.6. The Balaban J connectivity index is 1.97. The number of nitrogens with zero attached hydrogens (tertiary/aromatic N) is 2. The third-order valence-electron chi connectivity index (χ3n) is 3.53. The number of nitrogens with one attached hydrogen (secondary N) is 1. The van der Waals surface area contributed by atoms with E-state index in [-0.39, 0.29) is 5.91 Å². The molecule has 0 aliphatic carbocycles. The molecule has 1 aromatic heterocycles. The van der Waals surface area contributed by atoms with Gasteiger partial charge in [-0.05, 0) is 51.1 Å². The van der Waals surface area contributed by atoms with Crippen LogP contribution in [0.25, 0.3) is 0 Å². The number of pyridine rings is 1. The minimum atomic E-state index is -0.580. The number of carbonyl (C=O) groups is 2. The number of likely N-dealkylation sites (N-methyl/N-ethyl adjacent to an activating group) is 1. The molecule has 26 heavy (non-hydrogen) atoms. The third kappa shape index (κ3) is 6.20. The van der Waals surface area contributed by atoms with Crippen molar-refractivity contribution in [2.24, 2.45) is 0 Å². The largest absolute Gasteiger partial charge is 0.444 e. The topological polar surface area (TPSA) is 71.5 Å². The maximum atomic E-state index is 12.6. The molecule has 0 bridgehead atoms. The van der Waals surface area contributed by atoms with E-state index in [0.29, 0.717) is 24.2 Å². The molecule has 2 aromatic rings. The Morgan fingerprint density at radius 3 is 2.58 bits per heavy atom. The molecule has 1 aromatic carbocycles. The second-order valence-electron chi connectivity index (χ2n) is 7.01. The van der Waals surface area contributed by atoms with E-state index in [9.17, 15) is 9.59 Å². The molecule has 6 nitrogen and oxygen atoms in total. The lowest BCUT2D eigenvalue weighted by Crippen LogP contribution is -2.29. The third-order valence-corrected chi connectivity index (χ3v) is 3.53. The van der Waals surface area contributed by atoms with Crippen LogP contribution < -0.4 is 5.32 Å². The molecule has 0 saturated heterocycles. The highest BCUT2D eigenvalue weighted by Gasteiger charge is 2.17. The predicted octanol–water partition coefficient (Wildman–Crippen LogP) is 3.74. The van der Waals surface area contributed by atoms with Crippen LogP contribution in [0.15, 0.2) is 48.7 Å². The average Bonchev–Trinajstić information content (AvgIpc) is 2.58. The first-order valence-corrected chi connectivity index (χ1v) is 8.50. The van der Waals surface area contributed by atoms with Crippen LogP contribution >= 0.6 is 0 Å². The van der Waals surface area contributed by atoms with Gasteiger partial charge in [0.2, 0.25) is 0 Å². The van der Waals surface area contributed by atoms with Gasteiger partial charge in [-0.15, -0.1) is 0 Å². The molecule has 0 fully saturated rings. The van der Waals surface area contributed by atoms with E-state index < -0.39 is 11.7 Å². The first-order valence-electron chi connectivity index (χ1n) is 8.50. The Hall–Kier alpha value is -2.89. The highest BCUT2D eigenvalue weighted by atomic mass is 16.6. The van der Waals surface area contributed by atoms with Crippen LogP contribution in [0.3, 0.4) is 0 Å². The number of rotatable bonds is 5. The molecule has 0 saturated carbocycles. The minimum absolute atomic E-state index is 0.117. The van der Waals surface area contributed by atoms with Crippen molar-refractivity contribution in [2.45, 2.75) is 32.8 Å². The van der Waals surface area contributed by atoms with Gasteiger partial charge in [0.15, 0.2) is 0 Å². The van der Waals surface area contributed by atoms with Gasteiger partial charge in [0.25, 0.3) is 5.91 Å². The zero-order valence-corrected chi connectivity index (χ0v) is 15.7. The van der Waals surface area contributed by atoms with Gasteiger partial charge in [0.1, 0.15) is 5.60 Å². The van der Waals surface area contributed by atoms with Crippen molar-refractivity contribution in [3.63, 3.8) is 0 Å². The lowest BCUT2D eigenvalue weighted by atomic mass is 10.1. The van der Waals surface area contributed by atoms with E-state index in [2.05, 4.69) is 10.3 Å². The second kappa shape index (κ2) is 8.47. The molecule has 2 amide bonds. The van der Waals surface area contributed by atoms with Crippen molar-refractivity contribution < 1.29 is 14.3 Å². The summed E-state index contributed by atoms with van der Waals surface area (Å²) in [5.74, 6) is -0.117. The fourth-order valence-electron chi connectivity index (χ4n) is 2.30. The number of hydrogen-bond donors (Lipinski definition) is 1. The van der Waals surface area contributed by atoms with Crippen molar-refractivity contribution in [2.75, 3.05) is 18.9 Å². The van der Waals surface area contributed by atoms with E-state index in [1.54, 1.807) is 63.2 Å². The van der Waals surface area contributed by atoms with Crippen molar-refractivity contribution in [3.05, 3.63) is 59.9 Å². The van der Waals surface area contributed by atoms with Gasteiger partial charge in [0, 0.05) is 43.2 Å². The van der Waals surface area contributed by atoms with Crippen LogP contribution in [-0.2, 0) is 11.2 Å². The van der Waals surface area contributed by atoms with Gasteiger partial charge in [-0.3, -0.25) is 15.1 Å². The summed E-state index contributed by atoms with van der Waals surface area (Å²) in [6.07, 6.45) is 1.87. The van der Waals surface area contributed by atoms with Crippen LogP contribution in [0.4, 0.5) is 10.5 Å². The molecule has 1 N–H and O–H groups in total. The summed E-state index contributed by atoms with van der Waals surface area (Å²) in [6, 6.07) is 12.5. The summed E-state index contributed by atoms with van der Waals surface area (Å²) < 4.78 is 5.22. The monoisotopic (exact) mass is 355 g/mol. The molecule has 0 radical (unpaired) electrons. The van der Waals surface area contributed by atoms with Gasteiger partial charge in [0.05, 0.1) is 0 Å². The predicted molar refractivity (Wildman–Crippen MR) is 101 cm³/mol. The highest BCUT2D eigenvalue weighted by Crippen LogP contribution is 2.15. The summed E-state index contributed by atoms with van der Waals surface area (Å²) in [6.45, 7) is 5.94. The van der Waals surface area contributed by atoms with Gasteiger partial charge in [-0.2, -0.15) is 0 Å². The number of hydrogen-bond acceptors (Lipinski definition) is 4. The number of aromatic nitrogens is 1. The Morgan fingerprint density at radius 2 is 1.92 bits per heavy atom. The smallest absolute Gasteiger partial charge is 0.412 e. The summed E-state index contributed by atoms with van der Waals surface area (Å²) in [7, 11) is 1.75.